The molecule has 0 aromatic rings. The Kier molecular flexibility index (Phi) is 7.49. The van der Waals surface area contributed by atoms with Crippen molar-refractivity contribution in [3.63, 3.8) is 0 Å². The second-order valence-corrected chi connectivity index (χ2v) is 11.0. The third-order valence-electron chi connectivity index (χ3n) is 8.43. The lowest BCUT2D eigenvalue weighted by molar-refractivity contribution is 0.0861. The van der Waals surface area contributed by atoms with E-state index in [9.17, 15) is 10.2 Å². The fourth-order valence-corrected chi connectivity index (χ4v) is 6.73. The minimum atomic E-state index is -0.595. The predicted molar refractivity (Wildman–Crippen MR) is 123 cm³/mol. The molecule has 0 unspecified atom stereocenters. The van der Waals surface area contributed by atoms with E-state index in [0.717, 1.165) is 28.9 Å². The van der Waals surface area contributed by atoms with Crippen LogP contribution in [0.1, 0.15) is 91.9 Å². The Bertz CT molecular complexity index is 643. The number of fused-ring (bicyclic) bond motifs is 1. The Balaban J connectivity index is 1.71. The molecule has 3 rings (SSSR count). The lowest BCUT2D eigenvalue weighted by Gasteiger charge is -2.44. The highest BCUT2D eigenvalue weighted by molar-refractivity contribution is 5.38. The molecule has 2 nitrogen and oxygen atoms in total. The van der Waals surface area contributed by atoms with E-state index in [-0.39, 0.29) is 0 Å². The topological polar surface area (TPSA) is 40.5 Å². The molecular weight excluding hydrogens is 356 g/mol. The molecule has 29 heavy (non-hydrogen) atoms. The monoisotopic (exact) mass is 400 g/mol. The zero-order valence-corrected chi connectivity index (χ0v) is 19.3. The molecule has 6 atom stereocenters. The molecule has 0 aromatic heterocycles. The van der Waals surface area contributed by atoms with Crippen LogP contribution in [-0.2, 0) is 0 Å². The summed E-state index contributed by atoms with van der Waals surface area (Å²) in [6.45, 7) is 13.8. The van der Waals surface area contributed by atoms with Crippen molar-refractivity contribution >= 4 is 0 Å². The highest BCUT2D eigenvalue weighted by Gasteiger charge is 2.50. The average molecular weight is 401 g/mol. The first kappa shape index (κ1) is 22.8. The Morgan fingerprint density at radius 2 is 1.90 bits per heavy atom. The normalized spacial score (nSPS) is 39.3. The third-order valence-corrected chi connectivity index (χ3v) is 8.43. The third kappa shape index (κ3) is 5.07. The smallest absolute Gasteiger partial charge is 0.0811 e. The van der Waals surface area contributed by atoms with Crippen molar-refractivity contribution < 1.29 is 10.2 Å². The van der Waals surface area contributed by atoms with Crippen molar-refractivity contribution in [3.8, 4) is 0 Å². The fourth-order valence-electron chi connectivity index (χ4n) is 6.73. The summed E-state index contributed by atoms with van der Waals surface area (Å²) in [4.78, 5) is 0. The summed E-state index contributed by atoms with van der Waals surface area (Å²) < 4.78 is 0. The van der Waals surface area contributed by atoms with Crippen LogP contribution < -0.4 is 0 Å². The standard InChI is InChI=1S/C27H44O2/c1-18(2)8-6-9-19(3)24-13-14-25-21(10-7-15-27(24,25)5)11-12-22-16-23(28)17-26(29)20(22)4/h11-12,18-19,23-26,28-29H,4,6-10,13-17H2,1-3,5H3/b21-11-,22-12+/t19-,23-,24-,25+,26+,27-/m1/s1. The minimum absolute atomic E-state index is 0.420. The Morgan fingerprint density at radius 3 is 2.62 bits per heavy atom. The maximum atomic E-state index is 10.1. The molecule has 0 bridgehead atoms. The van der Waals surface area contributed by atoms with Crippen LogP contribution in [0.15, 0.2) is 35.5 Å². The van der Waals surface area contributed by atoms with Crippen molar-refractivity contribution in [3.05, 3.63) is 35.5 Å². The fraction of sp³-hybridized carbons (Fsp3) is 0.778. The molecule has 3 saturated carbocycles. The molecule has 0 spiro atoms. The molecule has 2 heteroatoms. The Morgan fingerprint density at radius 1 is 1.14 bits per heavy atom. The maximum Gasteiger partial charge on any atom is 0.0811 e. The molecular formula is C27H44O2. The SMILES string of the molecule is C=C1/C(=C/C=C2/CCC[C@]3(C)[C@@H]([C@H](C)CCCC(C)C)CC[C@@H]23)C[C@@H](O)C[C@@H]1O. The molecule has 0 aliphatic heterocycles. The maximum absolute atomic E-state index is 10.1. The van der Waals surface area contributed by atoms with E-state index >= 15 is 0 Å². The molecule has 3 aliphatic rings. The van der Waals surface area contributed by atoms with Crippen LogP contribution in [0.5, 0.6) is 0 Å². The van der Waals surface area contributed by atoms with Crippen LogP contribution in [0.2, 0.25) is 0 Å². The van der Waals surface area contributed by atoms with Crippen molar-refractivity contribution in [1.29, 1.82) is 0 Å². The van der Waals surface area contributed by atoms with Gasteiger partial charge in [-0.1, -0.05) is 71.3 Å². The molecule has 164 valence electrons. The first-order valence-electron chi connectivity index (χ1n) is 12.2. The van der Waals surface area contributed by atoms with Crippen LogP contribution >= 0.6 is 0 Å². The van der Waals surface area contributed by atoms with Gasteiger partial charge >= 0.3 is 0 Å². The van der Waals surface area contributed by atoms with Crippen LogP contribution in [0.25, 0.3) is 0 Å². The number of hydrogen-bond acceptors (Lipinski definition) is 2. The second kappa shape index (κ2) is 9.52. The van der Waals surface area contributed by atoms with E-state index in [0.29, 0.717) is 24.2 Å². The quantitative estimate of drug-likeness (QED) is 0.528. The van der Waals surface area contributed by atoms with Gasteiger partial charge in [-0.2, -0.15) is 0 Å². The number of aliphatic hydroxyl groups excluding tert-OH is 2. The number of hydrogen-bond donors (Lipinski definition) is 2. The van der Waals surface area contributed by atoms with Crippen LogP contribution in [-0.4, -0.2) is 22.4 Å². The van der Waals surface area contributed by atoms with Crippen LogP contribution in [0.3, 0.4) is 0 Å². The van der Waals surface area contributed by atoms with E-state index in [1.165, 1.54) is 51.4 Å². The lowest BCUT2D eigenvalue weighted by Crippen LogP contribution is -2.36. The van der Waals surface area contributed by atoms with Crippen molar-refractivity contribution in [2.75, 3.05) is 0 Å². The van der Waals surface area contributed by atoms with Gasteiger partial charge in [-0.25, -0.2) is 0 Å². The number of rotatable bonds is 6. The van der Waals surface area contributed by atoms with Gasteiger partial charge in [0, 0.05) is 6.42 Å². The molecule has 0 saturated heterocycles. The first-order chi connectivity index (χ1) is 13.7. The first-order valence-corrected chi connectivity index (χ1v) is 12.2. The van der Waals surface area contributed by atoms with Crippen LogP contribution in [0, 0.1) is 29.1 Å². The largest absolute Gasteiger partial charge is 0.393 e. The highest BCUT2D eigenvalue weighted by atomic mass is 16.3. The van der Waals surface area contributed by atoms with E-state index < -0.39 is 12.2 Å². The highest BCUT2D eigenvalue weighted by Crippen LogP contribution is 2.59. The van der Waals surface area contributed by atoms with E-state index in [1.807, 2.05) is 0 Å². The van der Waals surface area contributed by atoms with E-state index in [1.54, 1.807) is 5.57 Å². The van der Waals surface area contributed by atoms with Gasteiger partial charge in [0.2, 0.25) is 0 Å². The van der Waals surface area contributed by atoms with E-state index in [2.05, 4.69) is 46.4 Å². The Hall–Kier alpha value is -0.860. The summed E-state index contributed by atoms with van der Waals surface area (Å²) >= 11 is 0. The molecule has 0 heterocycles. The zero-order valence-electron chi connectivity index (χ0n) is 19.3. The van der Waals surface area contributed by atoms with Gasteiger partial charge in [0.25, 0.3) is 0 Å². The summed E-state index contributed by atoms with van der Waals surface area (Å²) in [5.41, 5.74) is 3.88. The van der Waals surface area contributed by atoms with E-state index in [4.69, 9.17) is 0 Å². The zero-order chi connectivity index (χ0) is 21.2. The molecule has 3 aliphatic carbocycles. The summed E-state index contributed by atoms with van der Waals surface area (Å²) in [5, 5.41) is 20.2. The van der Waals surface area contributed by atoms with Crippen molar-refractivity contribution in [2.24, 2.45) is 29.1 Å². The molecule has 0 amide bonds. The minimum Gasteiger partial charge on any atom is -0.393 e. The van der Waals surface area contributed by atoms with Crippen LogP contribution in [0.4, 0.5) is 0 Å². The van der Waals surface area contributed by atoms with Gasteiger partial charge < -0.3 is 10.2 Å². The van der Waals surface area contributed by atoms with Crippen molar-refractivity contribution in [1.82, 2.24) is 0 Å². The Labute approximate surface area is 179 Å². The summed E-state index contributed by atoms with van der Waals surface area (Å²) in [6.07, 6.45) is 15.2. The van der Waals surface area contributed by atoms with Crippen molar-refractivity contribution in [2.45, 2.75) is 104 Å². The molecule has 2 N–H and O–H groups in total. The predicted octanol–water partition coefficient (Wildman–Crippen LogP) is 6.59. The van der Waals surface area contributed by atoms with Gasteiger partial charge in [0.1, 0.15) is 0 Å². The number of allylic oxidation sites excluding steroid dienone is 3. The van der Waals surface area contributed by atoms with Gasteiger partial charge in [0.05, 0.1) is 12.2 Å². The molecule has 0 aromatic carbocycles. The summed E-state index contributed by atoms with van der Waals surface area (Å²) in [5.74, 6) is 3.20. The second-order valence-electron chi connectivity index (χ2n) is 11.0. The van der Waals surface area contributed by atoms with Gasteiger partial charge in [-0.15, -0.1) is 0 Å². The lowest BCUT2D eigenvalue weighted by atomic mass is 9.60. The van der Waals surface area contributed by atoms with Gasteiger partial charge in [-0.05, 0) is 78.8 Å². The van der Waals surface area contributed by atoms with Gasteiger partial charge in [-0.3, -0.25) is 0 Å². The molecule has 0 radical (unpaired) electrons. The number of aliphatic hydroxyl groups is 2. The summed E-state index contributed by atoms with van der Waals surface area (Å²) in [7, 11) is 0. The van der Waals surface area contributed by atoms with Gasteiger partial charge in [0.15, 0.2) is 0 Å². The summed E-state index contributed by atoms with van der Waals surface area (Å²) in [6, 6.07) is 0. The average Bonchev–Trinajstić information content (AvgIpc) is 3.00. The molecule has 3 fully saturated rings.